The van der Waals surface area contributed by atoms with Crippen molar-refractivity contribution in [1.82, 2.24) is 10.8 Å². The molecule has 0 bridgehead atoms. The third-order valence-corrected chi connectivity index (χ3v) is 6.57. The SMILES string of the molecule is O=C(CC1(S(=O)c2ccc(Oc3ccccc3)cc2)CCNCC1)NO. The van der Waals surface area contributed by atoms with E-state index in [-0.39, 0.29) is 6.42 Å². The molecule has 1 aliphatic rings. The molecule has 2 aromatic carbocycles. The van der Waals surface area contributed by atoms with Crippen molar-refractivity contribution < 1.29 is 18.9 Å². The van der Waals surface area contributed by atoms with Crippen LogP contribution >= 0.6 is 0 Å². The molecule has 3 N–H and O–H groups in total. The largest absolute Gasteiger partial charge is 0.457 e. The highest BCUT2D eigenvalue weighted by Gasteiger charge is 2.40. The molecule has 1 aliphatic heterocycles. The number of benzene rings is 2. The normalized spacial score (nSPS) is 17.3. The molecule has 7 heteroatoms. The Morgan fingerprint density at radius 1 is 1.08 bits per heavy atom. The van der Waals surface area contributed by atoms with Gasteiger partial charge in [0, 0.05) is 11.3 Å². The fraction of sp³-hybridized carbons (Fsp3) is 0.316. The molecule has 1 amide bonds. The third-order valence-electron chi connectivity index (χ3n) is 4.53. The molecule has 1 fully saturated rings. The lowest BCUT2D eigenvalue weighted by Gasteiger charge is -2.36. The molecular weight excluding hydrogens is 352 g/mol. The van der Waals surface area contributed by atoms with E-state index >= 15 is 0 Å². The Labute approximate surface area is 155 Å². The number of carbonyl (C=O) groups is 1. The standard InChI is InChI=1S/C19H22N2O4S/c22-18(21-23)14-19(10-12-20-13-11-19)26(24)17-8-6-16(7-9-17)25-15-4-2-1-3-5-15/h1-9,20,23H,10-14H2,(H,21,22). The Morgan fingerprint density at radius 2 is 1.69 bits per heavy atom. The molecule has 0 saturated carbocycles. The summed E-state index contributed by atoms with van der Waals surface area (Å²) < 4.78 is 18.3. The molecule has 0 aromatic heterocycles. The number of rotatable bonds is 6. The average molecular weight is 374 g/mol. The molecular formula is C19H22N2O4S. The maximum Gasteiger partial charge on any atom is 0.244 e. The van der Waals surface area contributed by atoms with Crippen LogP contribution in [0.15, 0.2) is 59.5 Å². The molecule has 1 atom stereocenters. The second-order valence-electron chi connectivity index (χ2n) is 6.30. The summed E-state index contributed by atoms with van der Waals surface area (Å²) in [4.78, 5) is 12.4. The van der Waals surface area contributed by atoms with E-state index in [1.54, 1.807) is 29.7 Å². The fourth-order valence-electron chi connectivity index (χ4n) is 3.15. The first kappa shape index (κ1) is 18.6. The van der Waals surface area contributed by atoms with Gasteiger partial charge in [-0.15, -0.1) is 0 Å². The Bertz CT molecular complexity index is 759. The van der Waals surface area contributed by atoms with Crippen LogP contribution in [0.1, 0.15) is 19.3 Å². The summed E-state index contributed by atoms with van der Waals surface area (Å²) in [6, 6.07) is 16.5. The number of hydroxylamine groups is 1. The van der Waals surface area contributed by atoms with E-state index in [1.165, 1.54) is 0 Å². The van der Waals surface area contributed by atoms with Crippen LogP contribution in [-0.4, -0.2) is 33.2 Å². The van der Waals surface area contributed by atoms with Gasteiger partial charge in [-0.3, -0.25) is 14.2 Å². The first-order valence-corrected chi connectivity index (χ1v) is 9.66. The van der Waals surface area contributed by atoms with Crippen molar-refractivity contribution in [3.05, 3.63) is 54.6 Å². The van der Waals surface area contributed by atoms with Gasteiger partial charge in [0.1, 0.15) is 11.5 Å². The molecule has 1 saturated heterocycles. The highest BCUT2D eigenvalue weighted by Crippen LogP contribution is 2.34. The Morgan fingerprint density at radius 3 is 2.31 bits per heavy atom. The maximum absolute atomic E-state index is 13.2. The third kappa shape index (κ3) is 4.30. The summed E-state index contributed by atoms with van der Waals surface area (Å²) in [7, 11) is -1.37. The summed E-state index contributed by atoms with van der Waals surface area (Å²) in [5, 5.41) is 12.1. The first-order valence-electron chi connectivity index (χ1n) is 8.51. The minimum absolute atomic E-state index is 0.0278. The van der Waals surface area contributed by atoms with Crippen LogP contribution in [0.3, 0.4) is 0 Å². The van der Waals surface area contributed by atoms with Crippen molar-refractivity contribution >= 4 is 16.7 Å². The van der Waals surface area contributed by atoms with Crippen LogP contribution in [0.4, 0.5) is 0 Å². The van der Waals surface area contributed by atoms with Crippen molar-refractivity contribution in [2.75, 3.05) is 13.1 Å². The number of ether oxygens (including phenoxy) is 1. The van der Waals surface area contributed by atoms with E-state index in [2.05, 4.69) is 5.32 Å². The zero-order chi connectivity index (χ0) is 18.4. The maximum atomic E-state index is 13.2. The molecule has 6 nitrogen and oxygen atoms in total. The van der Waals surface area contributed by atoms with Crippen LogP contribution in [-0.2, 0) is 15.6 Å². The van der Waals surface area contributed by atoms with Gasteiger partial charge in [0.2, 0.25) is 5.91 Å². The van der Waals surface area contributed by atoms with E-state index in [0.717, 1.165) is 5.75 Å². The van der Waals surface area contributed by atoms with Crippen molar-refractivity contribution in [2.24, 2.45) is 0 Å². The molecule has 0 radical (unpaired) electrons. The summed E-state index contributed by atoms with van der Waals surface area (Å²) in [6.07, 6.45) is 1.24. The van der Waals surface area contributed by atoms with Gasteiger partial charge in [-0.1, -0.05) is 18.2 Å². The predicted molar refractivity (Wildman–Crippen MR) is 98.7 cm³/mol. The zero-order valence-electron chi connectivity index (χ0n) is 14.3. The molecule has 138 valence electrons. The van der Waals surface area contributed by atoms with E-state index in [0.29, 0.717) is 36.6 Å². The van der Waals surface area contributed by atoms with Crippen molar-refractivity contribution in [3.8, 4) is 11.5 Å². The lowest BCUT2D eigenvalue weighted by atomic mass is 9.93. The topological polar surface area (TPSA) is 87.7 Å². The number of hydrogen-bond donors (Lipinski definition) is 3. The van der Waals surface area contributed by atoms with Crippen molar-refractivity contribution in [1.29, 1.82) is 0 Å². The van der Waals surface area contributed by atoms with Gasteiger partial charge >= 0.3 is 0 Å². The minimum Gasteiger partial charge on any atom is -0.457 e. The van der Waals surface area contributed by atoms with Gasteiger partial charge in [-0.05, 0) is 62.3 Å². The van der Waals surface area contributed by atoms with Gasteiger partial charge in [0.05, 0.1) is 15.5 Å². The van der Waals surface area contributed by atoms with E-state index in [4.69, 9.17) is 9.94 Å². The van der Waals surface area contributed by atoms with Crippen LogP contribution < -0.4 is 15.5 Å². The second kappa shape index (κ2) is 8.44. The Kier molecular flexibility index (Phi) is 6.03. The number of carbonyl (C=O) groups excluding carboxylic acids is 1. The summed E-state index contributed by atoms with van der Waals surface area (Å²) in [5.41, 5.74) is 1.67. The lowest BCUT2D eigenvalue weighted by Crippen LogP contribution is -2.47. The smallest absolute Gasteiger partial charge is 0.244 e. The molecule has 1 heterocycles. The first-order chi connectivity index (χ1) is 12.6. The van der Waals surface area contributed by atoms with Crippen LogP contribution in [0, 0.1) is 0 Å². The highest BCUT2D eigenvalue weighted by atomic mass is 32.2. The second-order valence-corrected chi connectivity index (χ2v) is 8.17. The number of para-hydroxylation sites is 1. The molecule has 1 unspecified atom stereocenters. The lowest BCUT2D eigenvalue weighted by molar-refractivity contribution is -0.130. The molecule has 3 rings (SSSR count). The Hall–Kier alpha value is -2.22. The molecule has 2 aromatic rings. The monoisotopic (exact) mass is 374 g/mol. The van der Waals surface area contributed by atoms with Gasteiger partial charge < -0.3 is 10.1 Å². The van der Waals surface area contributed by atoms with Gasteiger partial charge in [-0.2, -0.15) is 0 Å². The summed E-state index contributed by atoms with van der Waals surface area (Å²) >= 11 is 0. The van der Waals surface area contributed by atoms with Crippen LogP contribution in [0.5, 0.6) is 11.5 Å². The molecule has 26 heavy (non-hydrogen) atoms. The van der Waals surface area contributed by atoms with Crippen molar-refractivity contribution in [2.45, 2.75) is 28.9 Å². The average Bonchev–Trinajstić information content (AvgIpc) is 2.69. The Balaban J connectivity index is 1.77. The predicted octanol–water partition coefficient (Wildman–Crippen LogP) is 2.60. The summed E-state index contributed by atoms with van der Waals surface area (Å²) in [5.74, 6) is 0.879. The van der Waals surface area contributed by atoms with E-state index < -0.39 is 21.5 Å². The van der Waals surface area contributed by atoms with Crippen molar-refractivity contribution in [3.63, 3.8) is 0 Å². The van der Waals surface area contributed by atoms with Gasteiger partial charge in [-0.25, -0.2) is 5.48 Å². The molecule has 0 aliphatic carbocycles. The fourth-order valence-corrected chi connectivity index (χ4v) is 4.87. The number of hydrogen-bond acceptors (Lipinski definition) is 5. The van der Waals surface area contributed by atoms with Crippen LogP contribution in [0.2, 0.25) is 0 Å². The van der Waals surface area contributed by atoms with Gasteiger partial charge in [0.25, 0.3) is 0 Å². The summed E-state index contributed by atoms with van der Waals surface area (Å²) in [6.45, 7) is 1.39. The van der Waals surface area contributed by atoms with E-state index in [1.807, 2.05) is 30.3 Å². The number of nitrogens with one attached hydrogen (secondary N) is 2. The zero-order valence-corrected chi connectivity index (χ0v) is 15.1. The van der Waals surface area contributed by atoms with E-state index in [9.17, 15) is 9.00 Å². The van der Waals surface area contributed by atoms with Crippen LogP contribution in [0.25, 0.3) is 0 Å². The molecule has 0 spiro atoms. The highest BCUT2D eigenvalue weighted by molar-refractivity contribution is 7.86. The number of amides is 1. The quantitative estimate of drug-likeness (QED) is 0.534. The minimum atomic E-state index is -1.37. The van der Waals surface area contributed by atoms with Gasteiger partial charge in [0.15, 0.2) is 0 Å². The number of piperidine rings is 1.